The van der Waals surface area contributed by atoms with Crippen molar-refractivity contribution >= 4 is 29.1 Å². The number of hydrogen-bond donors (Lipinski definition) is 1. The van der Waals surface area contributed by atoms with Gasteiger partial charge < -0.3 is 15.1 Å². The van der Waals surface area contributed by atoms with Crippen molar-refractivity contribution in [3.63, 3.8) is 0 Å². The van der Waals surface area contributed by atoms with E-state index in [2.05, 4.69) is 20.3 Å². The van der Waals surface area contributed by atoms with Crippen molar-refractivity contribution in [2.45, 2.75) is 13.0 Å². The zero-order valence-electron chi connectivity index (χ0n) is 14.3. The number of rotatable bonds is 6. The number of amides is 2. The average Bonchev–Trinajstić information content (AvgIpc) is 3.18. The smallest absolute Gasteiger partial charge is 0.242 e. The molecule has 1 N–H and O–H groups in total. The molecule has 9 heteroatoms. The molecule has 0 aliphatic carbocycles. The van der Waals surface area contributed by atoms with E-state index in [1.807, 2.05) is 24.3 Å². The lowest BCUT2D eigenvalue weighted by Crippen LogP contribution is -2.51. The second-order valence-electron chi connectivity index (χ2n) is 6.03. The Balaban J connectivity index is 1.38. The average molecular weight is 377 g/mol. The van der Waals surface area contributed by atoms with Crippen molar-refractivity contribution in [2.75, 3.05) is 37.6 Å². The lowest BCUT2D eigenvalue weighted by atomic mass is 10.2. The van der Waals surface area contributed by atoms with Crippen molar-refractivity contribution in [3.8, 4) is 0 Å². The monoisotopic (exact) mass is 376 g/mol. The third-order valence-electron chi connectivity index (χ3n) is 4.28. The number of benzene rings is 1. The van der Waals surface area contributed by atoms with Gasteiger partial charge in [-0.2, -0.15) is 5.10 Å². The fourth-order valence-corrected chi connectivity index (χ4v) is 3.01. The first-order valence-corrected chi connectivity index (χ1v) is 8.87. The number of aromatic nitrogens is 3. The topological polar surface area (TPSA) is 83.4 Å². The molecule has 26 heavy (non-hydrogen) atoms. The van der Waals surface area contributed by atoms with Gasteiger partial charge in [-0.05, 0) is 18.2 Å². The highest BCUT2D eigenvalue weighted by atomic mass is 35.5. The summed E-state index contributed by atoms with van der Waals surface area (Å²) in [5.41, 5.74) is 1.06. The first kappa shape index (κ1) is 18.2. The zero-order valence-corrected chi connectivity index (χ0v) is 15.1. The van der Waals surface area contributed by atoms with Crippen LogP contribution >= 0.6 is 11.6 Å². The summed E-state index contributed by atoms with van der Waals surface area (Å²) in [5, 5.41) is 7.30. The summed E-state index contributed by atoms with van der Waals surface area (Å²) in [6.07, 6.45) is 3.24. The summed E-state index contributed by atoms with van der Waals surface area (Å²) in [6.45, 7) is 3.20. The van der Waals surface area contributed by atoms with Gasteiger partial charge in [0.05, 0.1) is 13.1 Å². The Bertz CT molecular complexity index is 743. The standard InChI is InChI=1S/C17H21ClN6O2/c18-14-2-1-3-15(10-14)22-6-8-23(9-7-22)17(26)11-20-16(25)4-5-24-13-19-12-21-24/h1-3,10,12-13H,4-9,11H2,(H,20,25). The Labute approximate surface area is 156 Å². The maximum Gasteiger partial charge on any atom is 0.242 e. The first-order valence-electron chi connectivity index (χ1n) is 8.49. The second-order valence-corrected chi connectivity index (χ2v) is 6.47. The molecule has 1 aliphatic rings. The molecular formula is C17H21ClN6O2. The minimum Gasteiger partial charge on any atom is -0.368 e. The number of piperazine rings is 1. The molecule has 3 rings (SSSR count). The molecular weight excluding hydrogens is 356 g/mol. The molecule has 0 saturated carbocycles. The lowest BCUT2D eigenvalue weighted by molar-refractivity contribution is -0.133. The van der Waals surface area contributed by atoms with E-state index in [9.17, 15) is 9.59 Å². The predicted octanol–water partition coefficient (Wildman–Crippen LogP) is 0.787. The fourth-order valence-electron chi connectivity index (χ4n) is 2.83. The summed E-state index contributed by atoms with van der Waals surface area (Å²) in [4.78, 5) is 31.9. The van der Waals surface area contributed by atoms with Crippen LogP contribution < -0.4 is 10.2 Å². The molecule has 1 saturated heterocycles. The molecule has 0 unspecified atom stereocenters. The zero-order chi connectivity index (χ0) is 18.4. The van der Waals surface area contributed by atoms with Gasteiger partial charge in [0.2, 0.25) is 11.8 Å². The van der Waals surface area contributed by atoms with Crippen molar-refractivity contribution in [3.05, 3.63) is 41.9 Å². The van der Waals surface area contributed by atoms with E-state index in [4.69, 9.17) is 11.6 Å². The molecule has 1 aromatic heterocycles. The minimum atomic E-state index is -0.175. The van der Waals surface area contributed by atoms with Crippen LogP contribution in [0.4, 0.5) is 5.69 Å². The molecule has 1 aromatic carbocycles. The van der Waals surface area contributed by atoms with E-state index in [1.54, 1.807) is 15.9 Å². The highest BCUT2D eigenvalue weighted by Gasteiger charge is 2.21. The van der Waals surface area contributed by atoms with Gasteiger partial charge in [-0.1, -0.05) is 17.7 Å². The lowest BCUT2D eigenvalue weighted by Gasteiger charge is -2.36. The van der Waals surface area contributed by atoms with Crippen molar-refractivity contribution in [1.82, 2.24) is 25.0 Å². The Kier molecular flexibility index (Phi) is 6.06. The minimum absolute atomic E-state index is 0.0212. The summed E-state index contributed by atoms with van der Waals surface area (Å²) in [5.74, 6) is -0.240. The van der Waals surface area contributed by atoms with E-state index >= 15 is 0 Å². The van der Waals surface area contributed by atoms with Gasteiger partial charge in [0.15, 0.2) is 0 Å². The molecule has 8 nitrogen and oxygen atoms in total. The van der Waals surface area contributed by atoms with Crippen molar-refractivity contribution < 1.29 is 9.59 Å². The number of aryl methyl sites for hydroxylation is 1. The van der Waals surface area contributed by atoms with Gasteiger partial charge >= 0.3 is 0 Å². The Morgan fingerprint density at radius 1 is 1.19 bits per heavy atom. The van der Waals surface area contributed by atoms with Crippen LogP contribution in [0.5, 0.6) is 0 Å². The summed E-state index contributed by atoms with van der Waals surface area (Å²) >= 11 is 6.03. The highest BCUT2D eigenvalue weighted by Crippen LogP contribution is 2.20. The SMILES string of the molecule is O=C(CCn1cncn1)NCC(=O)N1CCN(c2cccc(Cl)c2)CC1. The quantitative estimate of drug-likeness (QED) is 0.805. The van der Waals surface area contributed by atoms with Crippen LogP contribution in [0.15, 0.2) is 36.9 Å². The molecule has 1 fully saturated rings. The number of carbonyl (C=O) groups is 2. The molecule has 2 heterocycles. The van der Waals surface area contributed by atoms with Gasteiger partial charge in [-0.3, -0.25) is 14.3 Å². The van der Waals surface area contributed by atoms with E-state index < -0.39 is 0 Å². The number of anilines is 1. The Hall–Kier alpha value is -2.61. The van der Waals surface area contributed by atoms with Gasteiger partial charge in [-0.15, -0.1) is 0 Å². The Morgan fingerprint density at radius 3 is 2.69 bits per heavy atom. The van der Waals surface area contributed by atoms with Crippen LogP contribution in [-0.2, 0) is 16.1 Å². The van der Waals surface area contributed by atoms with Gasteiger partial charge in [0.1, 0.15) is 12.7 Å². The normalized spacial score (nSPS) is 14.3. The summed E-state index contributed by atoms with van der Waals surface area (Å²) < 4.78 is 1.58. The predicted molar refractivity (Wildman–Crippen MR) is 97.9 cm³/mol. The van der Waals surface area contributed by atoms with Crippen LogP contribution in [-0.4, -0.2) is 64.2 Å². The van der Waals surface area contributed by atoms with Crippen LogP contribution in [0.25, 0.3) is 0 Å². The number of carbonyl (C=O) groups excluding carboxylic acids is 2. The number of hydrogen-bond acceptors (Lipinski definition) is 5. The maximum absolute atomic E-state index is 12.3. The molecule has 138 valence electrons. The third-order valence-corrected chi connectivity index (χ3v) is 4.51. The van der Waals surface area contributed by atoms with E-state index in [0.29, 0.717) is 24.7 Å². The number of halogens is 1. The molecule has 2 amide bonds. The molecule has 0 atom stereocenters. The highest BCUT2D eigenvalue weighted by molar-refractivity contribution is 6.30. The third kappa shape index (κ3) is 4.95. The van der Waals surface area contributed by atoms with E-state index in [0.717, 1.165) is 18.8 Å². The van der Waals surface area contributed by atoms with Crippen LogP contribution in [0.2, 0.25) is 5.02 Å². The largest absolute Gasteiger partial charge is 0.368 e. The van der Waals surface area contributed by atoms with Crippen molar-refractivity contribution in [1.29, 1.82) is 0 Å². The number of nitrogens with one attached hydrogen (secondary N) is 1. The molecule has 0 spiro atoms. The van der Waals surface area contributed by atoms with Crippen LogP contribution in [0.3, 0.4) is 0 Å². The van der Waals surface area contributed by atoms with E-state index in [1.165, 1.54) is 6.33 Å². The molecule has 1 aliphatic heterocycles. The first-order chi connectivity index (χ1) is 12.6. The van der Waals surface area contributed by atoms with E-state index in [-0.39, 0.29) is 24.8 Å². The van der Waals surface area contributed by atoms with Gasteiger partial charge in [0, 0.05) is 43.3 Å². The van der Waals surface area contributed by atoms with Crippen LogP contribution in [0.1, 0.15) is 6.42 Å². The summed E-state index contributed by atoms with van der Waals surface area (Å²) in [7, 11) is 0. The fraction of sp³-hybridized carbons (Fsp3) is 0.412. The molecule has 0 bridgehead atoms. The second kappa shape index (κ2) is 8.66. The van der Waals surface area contributed by atoms with Crippen molar-refractivity contribution in [2.24, 2.45) is 0 Å². The number of nitrogens with zero attached hydrogens (tertiary/aromatic N) is 5. The van der Waals surface area contributed by atoms with Gasteiger partial charge in [-0.25, -0.2) is 4.98 Å². The van der Waals surface area contributed by atoms with Gasteiger partial charge in [0.25, 0.3) is 0 Å². The summed E-state index contributed by atoms with van der Waals surface area (Å²) in [6, 6.07) is 7.70. The maximum atomic E-state index is 12.3. The van der Waals surface area contributed by atoms with Crippen LogP contribution in [0, 0.1) is 0 Å². The molecule has 2 aromatic rings. The molecule has 0 radical (unpaired) electrons. The Morgan fingerprint density at radius 2 is 2.00 bits per heavy atom.